The first-order valence-corrected chi connectivity index (χ1v) is 8.45. The average Bonchev–Trinajstić information content (AvgIpc) is 2.96. The highest BCUT2D eigenvalue weighted by Gasteiger charge is 2.32. The Labute approximate surface area is 144 Å². The minimum absolute atomic E-state index is 0.197. The molecule has 2 aromatic rings. The number of β-amino-alcohol motifs (C(OH)–C–C–N with tert-alkyl or cyclic N) is 1. The van der Waals surface area contributed by atoms with Gasteiger partial charge in [-0.1, -0.05) is 48.5 Å². The Morgan fingerprint density at radius 1 is 1.04 bits per heavy atom. The number of benzene rings is 2. The molecule has 4 heteroatoms. The summed E-state index contributed by atoms with van der Waals surface area (Å²) in [6, 6.07) is 18.6. The van der Waals surface area contributed by atoms with Gasteiger partial charge in [0.15, 0.2) is 0 Å². The molecule has 0 radical (unpaired) electrons. The first-order chi connectivity index (χ1) is 11.6. The van der Waals surface area contributed by atoms with Crippen LogP contribution in [0.15, 0.2) is 54.6 Å². The monoisotopic (exact) mass is 326 g/mol. The Hall–Kier alpha value is -1.88. The fraction of sp³-hybridized carbons (Fsp3) is 0.400. The lowest BCUT2D eigenvalue weighted by molar-refractivity contribution is 0.112. The highest BCUT2D eigenvalue weighted by Crippen LogP contribution is 2.24. The van der Waals surface area contributed by atoms with Gasteiger partial charge in [0.25, 0.3) is 0 Å². The van der Waals surface area contributed by atoms with E-state index in [0.29, 0.717) is 13.2 Å². The highest BCUT2D eigenvalue weighted by atomic mass is 16.5. The summed E-state index contributed by atoms with van der Waals surface area (Å²) in [4.78, 5) is 4.39. The summed E-state index contributed by atoms with van der Waals surface area (Å²) in [6.07, 6.45) is -0.294. The highest BCUT2D eigenvalue weighted by molar-refractivity contribution is 5.33. The molecule has 1 saturated heterocycles. The molecule has 0 saturated carbocycles. The maximum atomic E-state index is 10.2. The summed E-state index contributed by atoms with van der Waals surface area (Å²) in [7, 11) is 4.04. The van der Waals surface area contributed by atoms with Crippen molar-refractivity contribution in [1.82, 2.24) is 9.80 Å². The van der Waals surface area contributed by atoms with E-state index in [9.17, 15) is 5.11 Å². The van der Waals surface area contributed by atoms with Crippen LogP contribution in [0.1, 0.15) is 11.1 Å². The molecule has 4 nitrogen and oxygen atoms in total. The van der Waals surface area contributed by atoms with Gasteiger partial charge in [-0.05, 0) is 25.7 Å². The zero-order valence-corrected chi connectivity index (χ0v) is 14.4. The number of hydrogen-bond acceptors (Lipinski definition) is 4. The van der Waals surface area contributed by atoms with Crippen molar-refractivity contribution in [2.75, 3.05) is 27.2 Å². The van der Waals surface area contributed by atoms with E-state index in [0.717, 1.165) is 24.4 Å². The lowest BCUT2D eigenvalue weighted by Crippen LogP contribution is -2.37. The van der Waals surface area contributed by atoms with E-state index in [1.54, 1.807) is 0 Å². The van der Waals surface area contributed by atoms with Crippen LogP contribution in [0, 0.1) is 0 Å². The molecule has 2 atom stereocenters. The summed E-state index contributed by atoms with van der Waals surface area (Å²) in [6.45, 7) is 2.95. The predicted octanol–water partition coefficient (Wildman–Crippen LogP) is 2.37. The molecule has 1 heterocycles. The van der Waals surface area contributed by atoms with Gasteiger partial charge in [-0.15, -0.1) is 0 Å². The van der Waals surface area contributed by atoms with Crippen molar-refractivity contribution < 1.29 is 9.84 Å². The molecule has 24 heavy (non-hydrogen) atoms. The van der Waals surface area contributed by atoms with E-state index in [1.165, 1.54) is 5.56 Å². The van der Waals surface area contributed by atoms with E-state index < -0.39 is 0 Å². The predicted molar refractivity (Wildman–Crippen MR) is 96.0 cm³/mol. The summed E-state index contributed by atoms with van der Waals surface area (Å²) in [5.41, 5.74) is 2.33. The normalized spacial score (nSPS) is 21.3. The maximum absolute atomic E-state index is 10.2. The SMILES string of the molecule is CN(C)[C@H]1CN(Cc2ccccc2OCc2ccccc2)C[C@@H]1O. The van der Waals surface area contributed by atoms with Crippen LogP contribution < -0.4 is 4.74 Å². The number of aliphatic hydroxyl groups excluding tert-OH is 1. The number of likely N-dealkylation sites (N-methyl/N-ethyl adjacent to an activating group) is 1. The van der Waals surface area contributed by atoms with E-state index in [-0.39, 0.29) is 12.1 Å². The van der Waals surface area contributed by atoms with Gasteiger partial charge in [0, 0.05) is 31.2 Å². The number of likely N-dealkylation sites (tertiary alicyclic amines) is 1. The number of para-hydroxylation sites is 1. The molecular formula is C20H26N2O2. The first kappa shape index (κ1) is 17.0. The third-order valence-corrected chi connectivity index (χ3v) is 4.60. The molecule has 0 aromatic heterocycles. The van der Waals surface area contributed by atoms with Crippen LogP contribution in [-0.2, 0) is 13.2 Å². The van der Waals surface area contributed by atoms with Crippen molar-refractivity contribution in [3.05, 3.63) is 65.7 Å². The fourth-order valence-corrected chi connectivity index (χ4v) is 3.24. The van der Waals surface area contributed by atoms with Gasteiger partial charge in [0.05, 0.1) is 6.10 Å². The van der Waals surface area contributed by atoms with Gasteiger partial charge < -0.3 is 14.7 Å². The molecule has 1 fully saturated rings. The maximum Gasteiger partial charge on any atom is 0.124 e. The third-order valence-electron chi connectivity index (χ3n) is 4.60. The van der Waals surface area contributed by atoms with E-state index >= 15 is 0 Å². The Morgan fingerprint density at radius 2 is 1.75 bits per heavy atom. The van der Waals surface area contributed by atoms with Gasteiger partial charge in [0.2, 0.25) is 0 Å². The number of ether oxygens (including phenoxy) is 1. The second kappa shape index (κ2) is 7.79. The van der Waals surface area contributed by atoms with Crippen LogP contribution in [0.4, 0.5) is 0 Å². The molecule has 1 N–H and O–H groups in total. The van der Waals surface area contributed by atoms with Crippen molar-refractivity contribution in [2.45, 2.75) is 25.3 Å². The topological polar surface area (TPSA) is 35.9 Å². The standard InChI is InChI=1S/C20H26N2O2/c1-21(2)18-13-22(14-19(18)23)12-17-10-6-7-11-20(17)24-15-16-8-4-3-5-9-16/h3-11,18-19,23H,12-15H2,1-2H3/t18-,19-/m0/s1. The summed E-state index contributed by atoms with van der Waals surface area (Å²) < 4.78 is 6.04. The van der Waals surface area contributed by atoms with Crippen LogP contribution in [-0.4, -0.2) is 54.2 Å². The molecule has 3 rings (SSSR count). The Kier molecular flexibility index (Phi) is 5.51. The molecule has 0 aliphatic carbocycles. The van der Waals surface area contributed by atoms with Gasteiger partial charge in [-0.25, -0.2) is 0 Å². The summed E-state index contributed by atoms with van der Waals surface area (Å²) >= 11 is 0. The quantitative estimate of drug-likeness (QED) is 0.884. The average molecular weight is 326 g/mol. The zero-order valence-electron chi connectivity index (χ0n) is 14.4. The minimum atomic E-state index is -0.294. The third kappa shape index (κ3) is 4.15. The molecule has 0 amide bonds. The van der Waals surface area contributed by atoms with Crippen molar-refractivity contribution in [3.8, 4) is 5.75 Å². The molecule has 0 unspecified atom stereocenters. The smallest absolute Gasteiger partial charge is 0.124 e. The van der Waals surface area contributed by atoms with Gasteiger partial charge in [-0.2, -0.15) is 0 Å². The largest absolute Gasteiger partial charge is 0.489 e. The van der Waals surface area contributed by atoms with E-state index in [1.807, 2.05) is 50.5 Å². The fourth-order valence-electron chi connectivity index (χ4n) is 3.24. The van der Waals surface area contributed by atoms with Crippen LogP contribution in [0.3, 0.4) is 0 Å². The number of rotatable bonds is 6. The lowest BCUT2D eigenvalue weighted by atomic mass is 10.2. The van der Waals surface area contributed by atoms with Gasteiger partial charge >= 0.3 is 0 Å². The lowest BCUT2D eigenvalue weighted by Gasteiger charge is -2.22. The Bertz CT molecular complexity index is 645. The summed E-state index contributed by atoms with van der Waals surface area (Å²) in [5, 5.41) is 10.2. The zero-order chi connectivity index (χ0) is 16.9. The van der Waals surface area contributed by atoms with Crippen molar-refractivity contribution in [2.24, 2.45) is 0 Å². The Balaban J connectivity index is 1.64. The van der Waals surface area contributed by atoms with Crippen LogP contribution in [0.25, 0.3) is 0 Å². The van der Waals surface area contributed by atoms with Gasteiger partial charge in [-0.3, -0.25) is 4.90 Å². The molecule has 0 spiro atoms. The molecule has 1 aliphatic rings. The molecule has 1 aliphatic heterocycles. The first-order valence-electron chi connectivity index (χ1n) is 8.45. The second-order valence-corrected chi connectivity index (χ2v) is 6.67. The van der Waals surface area contributed by atoms with Crippen molar-refractivity contribution >= 4 is 0 Å². The number of nitrogens with zero attached hydrogens (tertiary/aromatic N) is 2. The van der Waals surface area contributed by atoms with Gasteiger partial charge in [0.1, 0.15) is 12.4 Å². The molecule has 128 valence electrons. The van der Waals surface area contributed by atoms with Crippen molar-refractivity contribution in [1.29, 1.82) is 0 Å². The minimum Gasteiger partial charge on any atom is -0.489 e. The van der Waals surface area contributed by atoms with Crippen LogP contribution in [0.5, 0.6) is 5.75 Å². The van der Waals surface area contributed by atoms with E-state index in [4.69, 9.17) is 4.74 Å². The second-order valence-electron chi connectivity index (χ2n) is 6.67. The van der Waals surface area contributed by atoms with Crippen molar-refractivity contribution in [3.63, 3.8) is 0 Å². The molecule has 0 bridgehead atoms. The van der Waals surface area contributed by atoms with E-state index in [2.05, 4.69) is 28.0 Å². The molecule has 2 aromatic carbocycles. The van der Waals surface area contributed by atoms with Crippen LogP contribution >= 0.6 is 0 Å². The number of aliphatic hydroxyl groups is 1. The number of hydrogen-bond donors (Lipinski definition) is 1. The van der Waals surface area contributed by atoms with Crippen LogP contribution in [0.2, 0.25) is 0 Å². The Morgan fingerprint density at radius 3 is 2.46 bits per heavy atom. The molecular weight excluding hydrogens is 300 g/mol. The summed E-state index contributed by atoms with van der Waals surface area (Å²) in [5.74, 6) is 0.921.